The van der Waals surface area contributed by atoms with Gasteiger partial charge in [-0.05, 0) is 52.4 Å². The van der Waals surface area contributed by atoms with Crippen LogP contribution in [0.5, 0.6) is 5.75 Å². The van der Waals surface area contributed by atoms with Gasteiger partial charge in [0.1, 0.15) is 28.8 Å². The number of nitrogens with zero attached hydrogens (tertiary/aromatic N) is 3. The first-order chi connectivity index (χ1) is 13.8. The molecule has 0 bridgehead atoms. The Kier molecular flexibility index (Phi) is 6.51. The number of likely N-dealkylation sites (tertiary alicyclic amines) is 1. The Morgan fingerprint density at radius 1 is 1.21 bits per heavy atom. The zero-order valence-corrected chi connectivity index (χ0v) is 17.5. The van der Waals surface area contributed by atoms with Gasteiger partial charge in [0.15, 0.2) is 0 Å². The molecule has 1 aromatic carbocycles. The van der Waals surface area contributed by atoms with E-state index in [0.29, 0.717) is 37.1 Å². The van der Waals surface area contributed by atoms with E-state index < -0.39 is 11.4 Å². The van der Waals surface area contributed by atoms with Gasteiger partial charge in [0.05, 0.1) is 12.3 Å². The maximum atomic E-state index is 14.4. The van der Waals surface area contributed by atoms with Crippen molar-refractivity contribution in [3.05, 3.63) is 23.5 Å². The Hall–Kier alpha value is -2.49. The van der Waals surface area contributed by atoms with Gasteiger partial charge < -0.3 is 19.3 Å². The largest absolute Gasteiger partial charge is 0.493 e. The molecular formula is C22H30FN3O3. The molecule has 0 radical (unpaired) electrons. The molecule has 0 spiro atoms. The van der Waals surface area contributed by atoms with Crippen LogP contribution in [0.3, 0.4) is 0 Å². The summed E-state index contributed by atoms with van der Waals surface area (Å²) >= 11 is 0. The lowest BCUT2D eigenvalue weighted by Crippen LogP contribution is -2.42. The third-order valence-corrected chi connectivity index (χ3v) is 5.35. The van der Waals surface area contributed by atoms with Crippen LogP contribution < -0.4 is 9.64 Å². The van der Waals surface area contributed by atoms with Crippen LogP contribution in [0.25, 0.3) is 0 Å². The van der Waals surface area contributed by atoms with Crippen LogP contribution in [0, 0.1) is 23.1 Å². The number of amides is 1. The van der Waals surface area contributed by atoms with E-state index in [9.17, 15) is 14.4 Å². The van der Waals surface area contributed by atoms with Crippen molar-refractivity contribution in [1.82, 2.24) is 4.90 Å². The average molecular weight is 403 g/mol. The number of rotatable bonds is 4. The lowest BCUT2D eigenvalue weighted by molar-refractivity contribution is 0.0165. The normalized spacial score (nSPS) is 17.9. The molecule has 2 fully saturated rings. The van der Waals surface area contributed by atoms with Crippen molar-refractivity contribution in [2.24, 2.45) is 5.92 Å². The van der Waals surface area contributed by atoms with Gasteiger partial charge in [-0.1, -0.05) is 0 Å². The van der Waals surface area contributed by atoms with Crippen molar-refractivity contribution in [2.45, 2.75) is 52.1 Å². The maximum absolute atomic E-state index is 14.4. The number of hydrogen-bond donors (Lipinski definition) is 0. The maximum Gasteiger partial charge on any atom is 0.410 e. The third-order valence-electron chi connectivity index (χ3n) is 5.35. The molecule has 0 atom stereocenters. The van der Waals surface area contributed by atoms with Crippen LogP contribution in [0.15, 0.2) is 12.1 Å². The van der Waals surface area contributed by atoms with Gasteiger partial charge in [0.2, 0.25) is 0 Å². The Morgan fingerprint density at radius 3 is 2.45 bits per heavy atom. The first kappa shape index (κ1) is 21.2. The molecule has 0 N–H and O–H groups in total. The first-order valence-corrected chi connectivity index (χ1v) is 10.4. The van der Waals surface area contributed by atoms with Gasteiger partial charge in [-0.25, -0.2) is 9.18 Å². The molecule has 2 heterocycles. The fourth-order valence-corrected chi connectivity index (χ4v) is 3.79. The molecular weight excluding hydrogens is 373 g/mol. The zero-order chi connectivity index (χ0) is 21.0. The summed E-state index contributed by atoms with van der Waals surface area (Å²) in [6.07, 6.45) is 3.46. The summed E-state index contributed by atoms with van der Waals surface area (Å²) in [6.45, 7) is 8.97. The third kappa shape index (κ3) is 5.53. The fraction of sp³-hybridized carbons (Fsp3) is 0.636. The van der Waals surface area contributed by atoms with E-state index >= 15 is 0 Å². The second-order valence-corrected chi connectivity index (χ2v) is 8.83. The van der Waals surface area contributed by atoms with E-state index in [1.165, 1.54) is 6.07 Å². The summed E-state index contributed by atoms with van der Waals surface area (Å²) in [6, 6.07) is 5.06. The molecule has 158 valence electrons. The van der Waals surface area contributed by atoms with Gasteiger partial charge >= 0.3 is 6.09 Å². The second-order valence-electron chi connectivity index (χ2n) is 8.83. The van der Waals surface area contributed by atoms with Gasteiger partial charge in [-0.2, -0.15) is 5.26 Å². The molecule has 2 aliphatic heterocycles. The van der Waals surface area contributed by atoms with E-state index in [0.717, 1.165) is 38.8 Å². The highest BCUT2D eigenvalue weighted by molar-refractivity contribution is 5.68. The minimum absolute atomic E-state index is 0.0879. The monoisotopic (exact) mass is 403 g/mol. The highest BCUT2D eigenvalue weighted by Crippen LogP contribution is 2.31. The number of hydrogen-bond acceptors (Lipinski definition) is 5. The first-order valence-electron chi connectivity index (χ1n) is 10.4. The molecule has 0 aromatic heterocycles. The summed E-state index contributed by atoms with van der Waals surface area (Å²) in [7, 11) is 0. The molecule has 3 rings (SSSR count). The predicted octanol–water partition coefficient (Wildman–Crippen LogP) is 4.32. The van der Waals surface area contributed by atoms with Crippen LogP contribution in [0.1, 0.15) is 52.0 Å². The van der Waals surface area contributed by atoms with E-state index in [-0.39, 0.29) is 11.7 Å². The van der Waals surface area contributed by atoms with E-state index in [2.05, 4.69) is 0 Å². The highest BCUT2D eigenvalue weighted by atomic mass is 19.1. The molecule has 2 aliphatic rings. The number of benzene rings is 1. The van der Waals surface area contributed by atoms with Gasteiger partial charge in [-0.3, -0.25) is 0 Å². The summed E-state index contributed by atoms with van der Waals surface area (Å²) in [4.78, 5) is 15.9. The lowest BCUT2D eigenvalue weighted by Gasteiger charge is -2.33. The number of carbonyl (C=O) groups excluding carboxylic acids is 1. The predicted molar refractivity (Wildman–Crippen MR) is 109 cm³/mol. The average Bonchev–Trinajstić information content (AvgIpc) is 3.19. The summed E-state index contributed by atoms with van der Waals surface area (Å²) in [5, 5.41) is 9.32. The Bertz CT molecular complexity index is 771. The second kappa shape index (κ2) is 8.89. The van der Waals surface area contributed by atoms with Gasteiger partial charge in [-0.15, -0.1) is 0 Å². The topological polar surface area (TPSA) is 65.8 Å². The number of ether oxygens (including phenoxy) is 2. The van der Waals surface area contributed by atoms with Crippen molar-refractivity contribution in [3.8, 4) is 11.8 Å². The summed E-state index contributed by atoms with van der Waals surface area (Å²) < 4.78 is 25.7. The molecule has 7 heteroatoms. The minimum Gasteiger partial charge on any atom is -0.493 e. The SMILES string of the molecule is CC(C)(C)OC(=O)N1CCC(COc2cc(F)c(C#N)c(N3CCCC3)c2)CC1. The fourth-order valence-electron chi connectivity index (χ4n) is 3.79. The van der Waals surface area contributed by atoms with Gasteiger partial charge in [0, 0.05) is 38.3 Å². The molecule has 29 heavy (non-hydrogen) atoms. The number of carbonyl (C=O) groups is 1. The minimum atomic E-state index is -0.536. The molecule has 0 saturated carbocycles. The Labute approximate surface area is 172 Å². The number of nitriles is 1. The van der Waals surface area contributed by atoms with Crippen molar-refractivity contribution in [1.29, 1.82) is 5.26 Å². The van der Waals surface area contributed by atoms with Gasteiger partial charge in [0.25, 0.3) is 0 Å². The number of halogens is 1. The smallest absolute Gasteiger partial charge is 0.410 e. The Balaban J connectivity index is 1.56. The number of piperidine rings is 1. The highest BCUT2D eigenvalue weighted by Gasteiger charge is 2.27. The van der Waals surface area contributed by atoms with E-state index in [1.807, 2.05) is 31.7 Å². The van der Waals surface area contributed by atoms with Crippen LogP contribution in [-0.2, 0) is 4.74 Å². The molecule has 1 amide bonds. The lowest BCUT2D eigenvalue weighted by atomic mass is 9.98. The van der Waals surface area contributed by atoms with Crippen molar-refractivity contribution in [2.75, 3.05) is 37.7 Å². The summed E-state index contributed by atoms with van der Waals surface area (Å²) in [5.74, 6) is 0.215. The molecule has 1 aromatic rings. The van der Waals surface area contributed by atoms with Crippen LogP contribution in [-0.4, -0.2) is 49.4 Å². The number of anilines is 1. The van der Waals surface area contributed by atoms with Crippen LogP contribution >= 0.6 is 0 Å². The molecule has 0 unspecified atom stereocenters. The van der Waals surface area contributed by atoms with Crippen molar-refractivity contribution < 1.29 is 18.7 Å². The van der Waals surface area contributed by atoms with E-state index in [4.69, 9.17) is 9.47 Å². The molecule has 6 nitrogen and oxygen atoms in total. The molecule has 0 aliphatic carbocycles. The van der Waals surface area contributed by atoms with Crippen LogP contribution in [0.2, 0.25) is 0 Å². The quantitative estimate of drug-likeness (QED) is 0.749. The van der Waals surface area contributed by atoms with Crippen molar-refractivity contribution >= 4 is 11.8 Å². The van der Waals surface area contributed by atoms with E-state index in [1.54, 1.807) is 11.0 Å². The summed E-state index contributed by atoms with van der Waals surface area (Å²) in [5.41, 5.74) is 0.216. The van der Waals surface area contributed by atoms with Crippen molar-refractivity contribution in [3.63, 3.8) is 0 Å². The van der Waals surface area contributed by atoms with Crippen LogP contribution in [0.4, 0.5) is 14.9 Å². The Morgan fingerprint density at radius 2 is 1.86 bits per heavy atom. The standard InChI is InChI=1S/C22H30FN3O3/c1-22(2,3)29-21(27)26-10-6-16(7-11-26)15-28-17-12-19(23)18(14-24)20(13-17)25-8-4-5-9-25/h12-13,16H,4-11,15H2,1-3H3. The molecule has 2 saturated heterocycles. The zero-order valence-electron chi connectivity index (χ0n) is 17.5.